The van der Waals surface area contributed by atoms with Gasteiger partial charge in [-0.3, -0.25) is 4.79 Å². The number of aromatic amines is 1. The van der Waals surface area contributed by atoms with E-state index in [1.165, 1.54) is 39.8 Å². The highest BCUT2D eigenvalue weighted by Gasteiger charge is 2.54. The Hall–Kier alpha value is -4.52. The molecule has 1 aromatic carbocycles. The zero-order valence-electron chi connectivity index (χ0n) is 19.1. The highest BCUT2D eigenvalue weighted by Crippen LogP contribution is 2.60. The second-order valence-corrected chi connectivity index (χ2v) is 9.60. The van der Waals surface area contributed by atoms with Crippen LogP contribution in [-0.2, 0) is 0 Å². The molecule has 2 aliphatic rings. The Balaban J connectivity index is 1.35. The van der Waals surface area contributed by atoms with Crippen LogP contribution in [0.5, 0.6) is 0 Å². The van der Waals surface area contributed by atoms with Crippen LogP contribution in [0.25, 0.3) is 28.1 Å². The van der Waals surface area contributed by atoms with Gasteiger partial charge in [0, 0.05) is 23.2 Å². The Bertz CT molecular complexity index is 1820. The number of H-pyrrole nitrogens is 1. The smallest absolute Gasteiger partial charge is 0.252 e. The lowest BCUT2D eigenvalue weighted by Gasteiger charge is -2.18. The molecule has 14 heteroatoms. The first-order chi connectivity index (χ1) is 18.3. The van der Waals surface area contributed by atoms with Gasteiger partial charge in [0.15, 0.2) is 5.82 Å². The standard InChI is InChI=1S/C24H15ClF3N9O/c25-13-2-3-14(36-8-30-34-35-36)18(19(13)26)9-5-15-11-7-12(11)21(37(15)17(38)6-9)24-32-20(23(28)33-24)10-1-4-16(29)31-22(10)27/h1-6,8,11-12,21H,7H2,(H2,29,31)(H,32,33). The Labute approximate surface area is 215 Å². The maximum atomic E-state index is 15.3. The number of fused-ring (bicyclic) bond motifs is 3. The third kappa shape index (κ3) is 3.28. The van der Waals surface area contributed by atoms with Gasteiger partial charge in [-0.25, -0.2) is 14.4 Å². The van der Waals surface area contributed by atoms with Gasteiger partial charge in [0.25, 0.3) is 5.56 Å². The second kappa shape index (κ2) is 7.99. The predicted molar refractivity (Wildman–Crippen MR) is 129 cm³/mol. The van der Waals surface area contributed by atoms with Crippen LogP contribution in [0.1, 0.15) is 29.9 Å². The number of nitrogens with two attached hydrogens (primary N) is 1. The van der Waals surface area contributed by atoms with Crippen molar-refractivity contribution in [3.8, 4) is 28.1 Å². The molecule has 1 aliphatic carbocycles. The molecule has 0 saturated heterocycles. The number of imidazole rings is 1. The van der Waals surface area contributed by atoms with Crippen molar-refractivity contribution in [1.29, 1.82) is 0 Å². The molecule has 38 heavy (non-hydrogen) atoms. The fourth-order valence-electron chi connectivity index (χ4n) is 5.34. The van der Waals surface area contributed by atoms with Crippen LogP contribution in [0.15, 0.2) is 47.5 Å². The number of pyridine rings is 2. The Morgan fingerprint density at radius 2 is 1.95 bits per heavy atom. The number of aromatic nitrogens is 8. The molecule has 1 saturated carbocycles. The molecule has 0 amide bonds. The maximum absolute atomic E-state index is 15.3. The first-order valence-corrected chi connectivity index (χ1v) is 11.9. The number of hydrogen-bond acceptors (Lipinski definition) is 7. The van der Waals surface area contributed by atoms with E-state index >= 15 is 4.39 Å². The maximum Gasteiger partial charge on any atom is 0.252 e. The molecular weight excluding hydrogens is 523 g/mol. The molecule has 0 spiro atoms. The van der Waals surface area contributed by atoms with E-state index in [0.717, 1.165) is 6.42 Å². The van der Waals surface area contributed by atoms with Crippen molar-refractivity contribution in [2.24, 2.45) is 5.92 Å². The van der Waals surface area contributed by atoms with E-state index in [1.54, 1.807) is 12.1 Å². The summed E-state index contributed by atoms with van der Waals surface area (Å²) in [4.78, 5) is 23.9. The van der Waals surface area contributed by atoms with Gasteiger partial charge in [0.1, 0.15) is 23.7 Å². The SMILES string of the molecule is Nc1ccc(-c2nc(C3C4CC4c4cc(-c5c(-n6cnnn6)ccc(Cl)c5F)cc(=O)n43)[nH]c2F)c(F)n1. The van der Waals surface area contributed by atoms with E-state index in [4.69, 9.17) is 17.3 Å². The van der Waals surface area contributed by atoms with Crippen LogP contribution in [0.2, 0.25) is 5.02 Å². The number of hydrogen-bond donors (Lipinski definition) is 2. The van der Waals surface area contributed by atoms with Crippen molar-refractivity contribution < 1.29 is 13.2 Å². The molecule has 1 aliphatic heterocycles. The van der Waals surface area contributed by atoms with Crippen molar-refractivity contribution in [2.45, 2.75) is 18.4 Å². The number of nitrogens with one attached hydrogen (secondary N) is 1. The Kier molecular flexibility index (Phi) is 4.76. The minimum atomic E-state index is -0.957. The van der Waals surface area contributed by atoms with Crippen LogP contribution in [-0.4, -0.2) is 39.7 Å². The molecule has 3 atom stereocenters. The number of benzene rings is 1. The number of rotatable bonds is 4. The fraction of sp³-hybridized carbons (Fsp3) is 0.167. The molecule has 10 nitrogen and oxygen atoms in total. The summed E-state index contributed by atoms with van der Waals surface area (Å²) in [5, 5.41) is 10.9. The normalized spacial score (nSPS) is 19.4. The van der Waals surface area contributed by atoms with E-state index in [9.17, 15) is 13.6 Å². The van der Waals surface area contributed by atoms with Crippen molar-refractivity contribution in [2.75, 3.05) is 5.73 Å². The number of nitrogen functional groups attached to an aromatic ring is 1. The van der Waals surface area contributed by atoms with Gasteiger partial charge in [-0.15, -0.1) is 5.10 Å². The number of anilines is 1. The molecule has 190 valence electrons. The lowest BCUT2D eigenvalue weighted by atomic mass is 10.0. The summed E-state index contributed by atoms with van der Waals surface area (Å²) in [5.41, 5.74) is 5.99. The Morgan fingerprint density at radius 1 is 1.11 bits per heavy atom. The summed E-state index contributed by atoms with van der Waals surface area (Å²) < 4.78 is 47.4. The van der Waals surface area contributed by atoms with Gasteiger partial charge in [-0.2, -0.15) is 13.5 Å². The molecule has 3 unspecified atom stereocenters. The number of tetrazole rings is 1. The fourth-order valence-corrected chi connectivity index (χ4v) is 5.50. The van der Waals surface area contributed by atoms with Crippen LogP contribution in [0, 0.1) is 23.6 Å². The minimum Gasteiger partial charge on any atom is -0.384 e. The van der Waals surface area contributed by atoms with Gasteiger partial charge >= 0.3 is 0 Å². The van der Waals surface area contributed by atoms with Crippen molar-refractivity contribution >= 4 is 17.4 Å². The van der Waals surface area contributed by atoms with Crippen molar-refractivity contribution in [3.05, 3.63) is 87.3 Å². The monoisotopic (exact) mass is 537 g/mol. The van der Waals surface area contributed by atoms with E-state index in [2.05, 4.69) is 30.5 Å². The van der Waals surface area contributed by atoms with Crippen molar-refractivity contribution in [1.82, 2.24) is 39.7 Å². The molecule has 0 bridgehead atoms. The topological polar surface area (TPSA) is 133 Å². The van der Waals surface area contributed by atoms with E-state index in [0.29, 0.717) is 16.9 Å². The summed E-state index contributed by atoms with van der Waals surface area (Å²) in [7, 11) is 0. The molecule has 5 heterocycles. The van der Waals surface area contributed by atoms with Gasteiger partial charge < -0.3 is 15.3 Å². The largest absolute Gasteiger partial charge is 0.384 e. The van der Waals surface area contributed by atoms with Crippen LogP contribution >= 0.6 is 11.6 Å². The van der Waals surface area contributed by atoms with Gasteiger partial charge in [0.2, 0.25) is 11.9 Å². The minimum absolute atomic E-state index is 0.0158. The zero-order chi connectivity index (χ0) is 26.3. The average molecular weight is 538 g/mol. The van der Waals surface area contributed by atoms with Crippen molar-refractivity contribution in [3.63, 3.8) is 0 Å². The third-order valence-electron chi connectivity index (χ3n) is 7.04. The zero-order valence-corrected chi connectivity index (χ0v) is 19.9. The Morgan fingerprint density at radius 3 is 2.71 bits per heavy atom. The highest BCUT2D eigenvalue weighted by molar-refractivity contribution is 6.31. The quantitative estimate of drug-likeness (QED) is 0.334. The van der Waals surface area contributed by atoms with Crippen LogP contribution in [0.3, 0.4) is 0 Å². The molecule has 0 radical (unpaired) electrons. The van der Waals surface area contributed by atoms with Gasteiger partial charge in [-0.05, 0) is 58.7 Å². The molecule has 7 rings (SSSR count). The number of halogens is 4. The lowest BCUT2D eigenvalue weighted by Crippen LogP contribution is -2.26. The molecular formula is C24H15ClF3N9O. The summed E-state index contributed by atoms with van der Waals surface area (Å²) in [5.74, 6) is -2.45. The summed E-state index contributed by atoms with van der Waals surface area (Å²) >= 11 is 6.08. The van der Waals surface area contributed by atoms with E-state index in [-0.39, 0.29) is 45.3 Å². The third-order valence-corrected chi connectivity index (χ3v) is 7.33. The van der Waals surface area contributed by atoms with Crippen LogP contribution < -0.4 is 11.3 Å². The number of nitrogens with zero attached hydrogens (tertiary/aromatic N) is 7. The second-order valence-electron chi connectivity index (χ2n) is 9.20. The molecule has 5 aromatic rings. The predicted octanol–water partition coefficient (Wildman–Crippen LogP) is 3.64. The summed E-state index contributed by atoms with van der Waals surface area (Å²) in [6.07, 6.45) is 2.03. The first kappa shape index (κ1) is 22.7. The summed E-state index contributed by atoms with van der Waals surface area (Å²) in [6.45, 7) is 0. The molecule has 3 N–H and O–H groups in total. The summed E-state index contributed by atoms with van der Waals surface area (Å²) in [6, 6.07) is 7.98. The van der Waals surface area contributed by atoms with E-state index in [1.807, 2.05) is 0 Å². The van der Waals surface area contributed by atoms with Gasteiger partial charge in [0.05, 0.1) is 22.3 Å². The molecule has 4 aromatic heterocycles. The first-order valence-electron chi connectivity index (χ1n) is 11.5. The van der Waals surface area contributed by atoms with Gasteiger partial charge in [-0.1, -0.05) is 11.6 Å². The molecule has 1 fully saturated rings. The van der Waals surface area contributed by atoms with Crippen LogP contribution in [0.4, 0.5) is 19.0 Å². The average Bonchev–Trinajstić information content (AvgIpc) is 3.18. The van der Waals surface area contributed by atoms with E-state index < -0.39 is 29.3 Å². The lowest BCUT2D eigenvalue weighted by molar-refractivity contribution is 0.504. The highest BCUT2D eigenvalue weighted by atomic mass is 35.5.